The van der Waals surface area contributed by atoms with Crippen molar-refractivity contribution in [2.45, 2.75) is 51.9 Å². The summed E-state index contributed by atoms with van der Waals surface area (Å²) in [7, 11) is 0. The van der Waals surface area contributed by atoms with Crippen LogP contribution >= 0.6 is 11.8 Å². The first-order chi connectivity index (χ1) is 7.63. The van der Waals surface area contributed by atoms with Gasteiger partial charge >= 0.3 is 6.09 Å². The molecule has 3 nitrogen and oxygen atoms in total. The molecular formula is C12H25NO2S. The topological polar surface area (TPSA) is 29.5 Å². The number of hydrogen-bond donors (Lipinski definition) is 0. The molecule has 0 aliphatic carbocycles. The fraction of sp³-hybridized carbons (Fsp3) is 0.917. The zero-order valence-corrected chi connectivity index (χ0v) is 12.0. The fourth-order valence-electron chi connectivity index (χ4n) is 1.55. The smallest absolute Gasteiger partial charge is 0.410 e. The zero-order valence-electron chi connectivity index (χ0n) is 11.2. The lowest BCUT2D eigenvalue weighted by atomic mass is 10.1. The molecular weight excluding hydrogens is 222 g/mol. The van der Waals surface area contributed by atoms with E-state index in [0.717, 1.165) is 31.2 Å². The van der Waals surface area contributed by atoms with Crippen molar-refractivity contribution in [3.63, 3.8) is 0 Å². The molecule has 1 rings (SSSR count). The maximum absolute atomic E-state index is 11.5. The van der Waals surface area contributed by atoms with Crippen molar-refractivity contribution in [2.75, 3.05) is 19.3 Å². The Morgan fingerprint density at radius 3 is 2.19 bits per heavy atom. The third-order valence-electron chi connectivity index (χ3n) is 2.37. The predicted molar refractivity (Wildman–Crippen MR) is 71.1 cm³/mol. The SMILES string of the molecule is CC.CSC1CCN(C(=O)OC(C)C)CC1. The Kier molecular flexibility index (Phi) is 8.53. The molecule has 1 saturated heterocycles. The van der Waals surface area contributed by atoms with Crippen LogP contribution in [0.1, 0.15) is 40.5 Å². The number of nitrogens with zero attached hydrogens (tertiary/aromatic N) is 1. The van der Waals surface area contributed by atoms with E-state index in [2.05, 4.69) is 6.26 Å². The van der Waals surface area contributed by atoms with Crippen LogP contribution in [0, 0.1) is 0 Å². The first-order valence-electron chi connectivity index (χ1n) is 6.12. The van der Waals surface area contributed by atoms with Crippen LogP contribution in [0.3, 0.4) is 0 Å². The van der Waals surface area contributed by atoms with Gasteiger partial charge in [0.25, 0.3) is 0 Å². The van der Waals surface area contributed by atoms with Crippen molar-refractivity contribution in [2.24, 2.45) is 0 Å². The van der Waals surface area contributed by atoms with Crippen molar-refractivity contribution in [3.8, 4) is 0 Å². The summed E-state index contributed by atoms with van der Waals surface area (Å²) >= 11 is 1.89. The molecule has 0 aromatic carbocycles. The number of carbonyl (C=O) groups excluding carboxylic acids is 1. The summed E-state index contributed by atoms with van der Waals surface area (Å²) in [6.07, 6.45) is 4.15. The molecule has 0 N–H and O–H groups in total. The lowest BCUT2D eigenvalue weighted by molar-refractivity contribution is 0.0717. The van der Waals surface area contributed by atoms with Crippen LogP contribution < -0.4 is 0 Å². The Labute approximate surface area is 104 Å². The maximum Gasteiger partial charge on any atom is 0.410 e. The van der Waals surface area contributed by atoms with E-state index in [9.17, 15) is 4.79 Å². The average Bonchev–Trinajstić information content (AvgIpc) is 2.31. The molecule has 0 atom stereocenters. The molecule has 0 unspecified atom stereocenters. The van der Waals surface area contributed by atoms with Gasteiger partial charge in [0, 0.05) is 18.3 Å². The van der Waals surface area contributed by atoms with E-state index < -0.39 is 0 Å². The number of hydrogen-bond acceptors (Lipinski definition) is 3. The zero-order chi connectivity index (χ0) is 12.6. The van der Waals surface area contributed by atoms with Crippen molar-refractivity contribution in [1.82, 2.24) is 4.90 Å². The van der Waals surface area contributed by atoms with E-state index in [1.54, 1.807) is 0 Å². The van der Waals surface area contributed by atoms with Gasteiger partial charge in [0.05, 0.1) is 6.10 Å². The van der Waals surface area contributed by atoms with Gasteiger partial charge in [-0.25, -0.2) is 4.79 Å². The minimum absolute atomic E-state index is 0.0132. The summed E-state index contributed by atoms with van der Waals surface area (Å²) in [5.41, 5.74) is 0. The quantitative estimate of drug-likeness (QED) is 0.749. The molecule has 16 heavy (non-hydrogen) atoms. The van der Waals surface area contributed by atoms with Gasteiger partial charge in [0.1, 0.15) is 0 Å². The molecule has 1 heterocycles. The van der Waals surface area contributed by atoms with Crippen LogP contribution in [-0.4, -0.2) is 41.7 Å². The number of thioether (sulfide) groups is 1. The van der Waals surface area contributed by atoms with Gasteiger partial charge in [-0.15, -0.1) is 0 Å². The Bertz CT molecular complexity index is 189. The van der Waals surface area contributed by atoms with Crippen LogP contribution in [0.15, 0.2) is 0 Å². The van der Waals surface area contributed by atoms with Gasteiger partial charge in [-0.3, -0.25) is 0 Å². The second-order valence-corrected chi connectivity index (χ2v) is 4.99. The Morgan fingerprint density at radius 2 is 1.81 bits per heavy atom. The summed E-state index contributed by atoms with van der Waals surface area (Å²) < 4.78 is 5.14. The summed E-state index contributed by atoms with van der Waals surface area (Å²) in [6.45, 7) is 9.45. The second kappa shape index (κ2) is 8.74. The summed E-state index contributed by atoms with van der Waals surface area (Å²) in [4.78, 5) is 13.3. The number of carbonyl (C=O) groups is 1. The van der Waals surface area contributed by atoms with Gasteiger partial charge in [0.2, 0.25) is 0 Å². The third kappa shape index (κ3) is 5.64. The van der Waals surface area contributed by atoms with Gasteiger partial charge in [-0.05, 0) is 32.9 Å². The number of likely N-dealkylation sites (tertiary alicyclic amines) is 1. The largest absolute Gasteiger partial charge is 0.447 e. The van der Waals surface area contributed by atoms with Crippen molar-refractivity contribution in [3.05, 3.63) is 0 Å². The van der Waals surface area contributed by atoms with Crippen LogP contribution in [0.25, 0.3) is 0 Å². The second-order valence-electron chi connectivity index (χ2n) is 3.85. The predicted octanol–water partition coefficient (Wildman–Crippen LogP) is 3.39. The fourth-order valence-corrected chi connectivity index (χ4v) is 2.23. The Morgan fingerprint density at radius 1 is 1.31 bits per heavy atom. The van der Waals surface area contributed by atoms with Gasteiger partial charge in [-0.1, -0.05) is 13.8 Å². The highest BCUT2D eigenvalue weighted by Crippen LogP contribution is 2.21. The molecule has 1 aliphatic rings. The number of amides is 1. The monoisotopic (exact) mass is 247 g/mol. The summed E-state index contributed by atoms with van der Waals surface area (Å²) in [5, 5.41) is 0.720. The van der Waals surface area contributed by atoms with E-state index in [1.165, 1.54) is 0 Å². The van der Waals surface area contributed by atoms with Gasteiger partial charge in [-0.2, -0.15) is 11.8 Å². The summed E-state index contributed by atoms with van der Waals surface area (Å²) in [6, 6.07) is 0. The van der Waals surface area contributed by atoms with Crippen LogP contribution in [-0.2, 0) is 4.74 Å². The lowest BCUT2D eigenvalue weighted by Gasteiger charge is -2.30. The van der Waals surface area contributed by atoms with E-state index in [-0.39, 0.29) is 12.2 Å². The molecule has 1 amide bonds. The van der Waals surface area contributed by atoms with Gasteiger partial charge < -0.3 is 9.64 Å². The minimum Gasteiger partial charge on any atom is -0.447 e. The first-order valence-corrected chi connectivity index (χ1v) is 7.40. The van der Waals surface area contributed by atoms with Gasteiger partial charge in [0.15, 0.2) is 0 Å². The van der Waals surface area contributed by atoms with Crippen LogP contribution in [0.4, 0.5) is 4.79 Å². The number of ether oxygens (including phenoxy) is 1. The molecule has 4 heteroatoms. The standard InChI is InChI=1S/C10H19NO2S.C2H6/c1-8(2)13-10(12)11-6-4-9(14-3)5-7-11;1-2/h8-9H,4-7H2,1-3H3;1-2H3. The third-order valence-corrected chi connectivity index (χ3v) is 3.51. The van der Waals surface area contributed by atoms with Crippen LogP contribution in [0.2, 0.25) is 0 Å². The number of piperidine rings is 1. The van der Waals surface area contributed by atoms with Crippen LogP contribution in [0.5, 0.6) is 0 Å². The van der Waals surface area contributed by atoms with Crippen molar-refractivity contribution in [1.29, 1.82) is 0 Å². The number of rotatable bonds is 2. The van der Waals surface area contributed by atoms with Crippen molar-refractivity contribution >= 4 is 17.9 Å². The van der Waals surface area contributed by atoms with E-state index in [0.29, 0.717) is 0 Å². The normalized spacial score (nSPS) is 16.8. The highest BCUT2D eigenvalue weighted by atomic mass is 32.2. The summed E-state index contributed by atoms with van der Waals surface area (Å²) in [5.74, 6) is 0. The highest BCUT2D eigenvalue weighted by molar-refractivity contribution is 7.99. The molecule has 0 aromatic rings. The molecule has 0 spiro atoms. The molecule has 0 saturated carbocycles. The Hall–Kier alpha value is -0.380. The Balaban J connectivity index is 0.00000106. The lowest BCUT2D eigenvalue weighted by Crippen LogP contribution is -2.40. The molecule has 0 radical (unpaired) electrons. The minimum atomic E-state index is -0.153. The van der Waals surface area contributed by atoms with E-state index in [4.69, 9.17) is 4.74 Å². The molecule has 0 bridgehead atoms. The molecule has 1 fully saturated rings. The highest BCUT2D eigenvalue weighted by Gasteiger charge is 2.23. The molecule has 1 aliphatic heterocycles. The molecule has 96 valence electrons. The average molecular weight is 247 g/mol. The molecule has 0 aromatic heterocycles. The maximum atomic E-state index is 11.5. The van der Waals surface area contributed by atoms with Crippen molar-refractivity contribution < 1.29 is 9.53 Å². The first kappa shape index (κ1) is 15.6. The van der Waals surface area contributed by atoms with E-state index >= 15 is 0 Å². The van der Waals surface area contributed by atoms with E-state index in [1.807, 2.05) is 44.4 Å².